The Hall–Kier alpha value is -1.22. The van der Waals surface area contributed by atoms with Crippen molar-refractivity contribution in [2.75, 3.05) is 32.1 Å². The lowest BCUT2D eigenvalue weighted by atomic mass is 10.3. The van der Waals surface area contributed by atoms with Crippen molar-refractivity contribution in [3.8, 4) is 0 Å². The van der Waals surface area contributed by atoms with E-state index in [4.69, 9.17) is 17.0 Å². The number of nitrogens with one attached hydrogen (secondary N) is 3. The number of ether oxygens (including phenoxy) is 1. The highest BCUT2D eigenvalue weighted by Gasteiger charge is 2.11. The van der Waals surface area contributed by atoms with E-state index in [-0.39, 0.29) is 4.90 Å². The van der Waals surface area contributed by atoms with Gasteiger partial charge in [-0.15, -0.1) is 0 Å². The van der Waals surface area contributed by atoms with Crippen LogP contribution < -0.4 is 15.4 Å². The zero-order chi connectivity index (χ0) is 15.7. The fourth-order valence-corrected chi connectivity index (χ4v) is 2.85. The van der Waals surface area contributed by atoms with E-state index in [0.717, 1.165) is 12.1 Å². The summed E-state index contributed by atoms with van der Waals surface area (Å²) in [4.78, 5) is 0.230. The normalized spacial score (nSPS) is 11.1. The summed E-state index contributed by atoms with van der Waals surface area (Å²) in [5, 5.41) is 6.53. The zero-order valence-corrected chi connectivity index (χ0v) is 13.8. The monoisotopic (exact) mass is 331 g/mol. The minimum Gasteiger partial charge on any atom is -0.385 e. The minimum absolute atomic E-state index is 0.230. The van der Waals surface area contributed by atoms with Gasteiger partial charge in [-0.05, 0) is 42.9 Å². The Morgan fingerprint density at radius 2 is 1.95 bits per heavy atom. The van der Waals surface area contributed by atoms with Crippen LogP contribution in [0.25, 0.3) is 0 Å². The Bertz CT molecular complexity index is 544. The molecule has 6 nitrogen and oxygen atoms in total. The third-order valence-corrected chi connectivity index (χ3v) is 4.38. The van der Waals surface area contributed by atoms with Crippen molar-refractivity contribution < 1.29 is 13.2 Å². The molecule has 0 heterocycles. The number of rotatable bonds is 8. The smallest absolute Gasteiger partial charge is 0.240 e. The third-order valence-electron chi connectivity index (χ3n) is 2.57. The summed E-state index contributed by atoms with van der Waals surface area (Å²) in [6, 6.07) is 6.42. The molecule has 0 saturated heterocycles. The highest BCUT2D eigenvalue weighted by atomic mass is 32.2. The van der Waals surface area contributed by atoms with Gasteiger partial charge < -0.3 is 15.4 Å². The van der Waals surface area contributed by atoms with Crippen LogP contribution in [0.15, 0.2) is 29.2 Å². The first kappa shape index (κ1) is 17.8. The van der Waals surface area contributed by atoms with E-state index in [9.17, 15) is 8.42 Å². The third kappa shape index (κ3) is 6.38. The molecule has 0 spiro atoms. The predicted octanol–water partition coefficient (Wildman–Crippen LogP) is 1.31. The molecule has 0 radical (unpaired) electrons. The predicted molar refractivity (Wildman–Crippen MR) is 88.0 cm³/mol. The molecule has 21 heavy (non-hydrogen) atoms. The standard InChI is InChI=1S/C13H21N3O3S2/c1-3-15-21(17,18)12-7-5-11(6-8-12)16-13(20)14-9-4-10-19-2/h5-8,15H,3-4,9-10H2,1-2H3,(H2,14,16,20). The van der Waals surface area contributed by atoms with Gasteiger partial charge in [-0.1, -0.05) is 6.92 Å². The molecular weight excluding hydrogens is 310 g/mol. The molecule has 0 atom stereocenters. The second-order valence-corrected chi connectivity index (χ2v) is 6.43. The van der Waals surface area contributed by atoms with Gasteiger partial charge in [0, 0.05) is 32.5 Å². The minimum atomic E-state index is -3.42. The van der Waals surface area contributed by atoms with Crippen LogP contribution in [-0.4, -0.2) is 40.3 Å². The first-order chi connectivity index (χ1) is 9.99. The van der Waals surface area contributed by atoms with E-state index >= 15 is 0 Å². The average molecular weight is 331 g/mol. The molecule has 1 rings (SSSR count). The van der Waals surface area contributed by atoms with E-state index in [1.807, 2.05) is 0 Å². The fourth-order valence-electron chi connectivity index (χ4n) is 1.58. The molecule has 0 saturated carbocycles. The highest BCUT2D eigenvalue weighted by Crippen LogP contribution is 2.13. The molecule has 1 aromatic carbocycles. The summed E-state index contributed by atoms with van der Waals surface area (Å²) in [6.45, 7) is 3.48. The first-order valence-electron chi connectivity index (χ1n) is 6.63. The maximum atomic E-state index is 11.8. The summed E-state index contributed by atoms with van der Waals surface area (Å²) in [7, 11) is -1.76. The van der Waals surface area contributed by atoms with Crippen molar-refractivity contribution in [1.82, 2.24) is 10.0 Å². The van der Waals surface area contributed by atoms with Gasteiger partial charge in [0.05, 0.1) is 4.90 Å². The lowest BCUT2D eigenvalue weighted by Crippen LogP contribution is -2.29. The molecule has 1 aromatic rings. The van der Waals surface area contributed by atoms with Gasteiger partial charge in [0.25, 0.3) is 0 Å². The number of hydrogen-bond acceptors (Lipinski definition) is 4. The Kier molecular flexibility index (Phi) is 7.58. The van der Waals surface area contributed by atoms with Gasteiger partial charge in [0.15, 0.2) is 5.11 Å². The number of hydrogen-bond donors (Lipinski definition) is 3. The highest BCUT2D eigenvalue weighted by molar-refractivity contribution is 7.89. The average Bonchev–Trinajstić information content (AvgIpc) is 2.44. The summed E-state index contributed by atoms with van der Waals surface area (Å²) < 4.78 is 31.0. The Morgan fingerprint density at radius 3 is 2.52 bits per heavy atom. The van der Waals surface area contributed by atoms with Crippen LogP contribution in [0.5, 0.6) is 0 Å². The lowest BCUT2D eigenvalue weighted by Gasteiger charge is -2.11. The second-order valence-electron chi connectivity index (χ2n) is 4.25. The zero-order valence-electron chi connectivity index (χ0n) is 12.2. The van der Waals surface area contributed by atoms with E-state index in [1.165, 1.54) is 12.1 Å². The maximum absolute atomic E-state index is 11.8. The van der Waals surface area contributed by atoms with Crippen LogP contribution in [0.3, 0.4) is 0 Å². The summed E-state index contributed by atoms with van der Waals surface area (Å²) >= 11 is 5.14. The Labute approximate surface area is 131 Å². The van der Waals surface area contributed by atoms with Gasteiger partial charge in [-0.3, -0.25) is 0 Å². The van der Waals surface area contributed by atoms with Crippen LogP contribution in [0.4, 0.5) is 5.69 Å². The molecule has 0 aromatic heterocycles. The Morgan fingerprint density at radius 1 is 1.29 bits per heavy atom. The van der Waals surface area contributed by atoms with Gasteiger partial charge in [-0.25, -0.2) is 13.1 Å². The first-order valence-corrected chi connectivity index (χ1v) is 8.52. The molecule has 0 aliphatic rings. The quantitative estimate of drug-likeness (QED) is 0.492. The lowest BCUT2D eigenvalue weighted by molar-refractivity contribution is 0.196. The molecule has 0 bridgehead atoms. The number of benzene rings is 1. The van der Waals surface area contributed by atoms with E-state index in [0.29, 0.717) is 24.8 Å². The SMILES string of the molecule is CCNS(=O)(=O)c1ccc(NC(=S)NCCCOC)cc1. The van der Waals surface area contributed by atoms with Crippen molar-refractivity contribution >= 4 is 33.0 Å². The molecule has 0 fully saturated rings. The van der Waals surface area contributed by atoms with E-state index < -0.39 is 10.0 Å². The van der Waals surface area contributed by atoms with Crippen molar-refractivity contribution in [2.45, 2.75) is 18.2 Å². The van der Waals surface area contributed by atoms with E-state index in [1.54, 1.807) is 26.2 Å². The van der Waals surface area contributed by atoms with Crippen LogP contribution in [0, 0.1) is 0 Å². The molecule has 0 unspecified atom stereocenters. The molecular formula is C13H21N3O3S2. The van der Waals surface area contributed by atoms with Gasteiger partial charge in [0.1, 0.15) is 0 Å². The Balaban J connectivity index is 2.53. The maximum Gasteiger partial charge on any atom is 0.240 e. The van der Waals surface area contributed by atoms with Crippen LogP contribution >= 0.6 is 12.2 Å². The number of anilines is 1. The van der Waals surface area contributed by atoms with Gasteiger partial charge >= 0.3 is 0 Å². The fraction of sp³-hybridized carbons (Fsp3) is 0.462. The number of thiocarbonyl (C=S) groups is 1. The molecule has 3 N–H and O–H groups in total. The largest absolute Gasteiger partial charge is 0.385 e. The van der Waals surface area contributed by atoms with Gasteiger partial charge in [-0.2, -0.15) is 0 Å². The van der Waals surface area contributed by atoms with Gasteiger partial charge in [0.2, 0.25) is 10.0 Å². The molecule has 8 heteroatoms. The summed E-state index contributed by atoms with van der Waals surface area (Å²) in [5.74, 6) is 0. The van der Waals surface area contributed by atoms with Crippen molar-refractivity contribution in [3.05, 3.63) is 24.3 Å². The van der Waals surface area contributed by atoms with Crippen LogP contribution in [-0.2, 0) is 14.8 Å². The molecule has 118 valence electrons. The van der Waals surface area contributed by atoms with Crippen molar-refractivity contribution in [3.63, 3.8) is 0 Å². The topological polar surface area (TPSA) is 79.5 Å². The molecule has 0 aliphatic heterocycles. The number of sulfonamides is 1. The van der Waals surface area contributed by atoms with Crippen molar-refractivity contribution in [2.24, 2.45) is 0 Å². The molecule has 0 aliphatic carbocycles. The number of methoxy groups -OCH3 is 1. The summed E-state index contributed by atoms with van der Waals surface area (Å²) in [6.07, 6.45) is 0.859. The van der Waals surface area contributed by atoms with Crippen LogP contribution in [0.2, 0.25) is 0 Å². The second kappa shape index (κ2) is 8.93. The summed E-state index contributed by atoms with van der Waals surface area (Å²) in [5.41, 5.74) is 0.731. The van der Waals surface area contributed by atoms with E-state index in [2.05, 4.69) is 15.4 Å². The van der Waals surface area contributed by atoms with Crippen LogP contribution in [0.1, 0.15) is 13.3 Å². The van der Waals surface area contributed by atoms with Crippen molar-refractivity contribution in [1.29, 1.82) is 0 Å². The molecule has 0 amide bonds.